The number of rotatable bonds is 3. The Morgan fingerprint density at radius 1 is 1.12 bits per heavy atom. The van der Waals surface area contributed by atoms with Crippen LogP contribution in [0.4, 0.5) is 0 Å². The first-order valence-corrected chi connectivity index (χ1v) is 5.65. The molecule has 0 aliphatic heterocycles. The van der Waals surface area contributed by atoms with Crippen LogP contribution in [0.1, 0.15) is 18.9 Å². The Balaban J connectivity index is 2.34. The summed E-state index contributed by atoms with van der Waals surface area (Å²) in [5, 5.41) is 11.3. The molecule has 0 amide bonds. The van der Waals surface area contributed by atoms with Crippen molar-refractivity contribution >= 4 is 10.8 Å². The molecule has 0 saturated heterocycles. The molecule has 2 rings (SSSR count). The average molecular weight is 209 g/mol. The normalized spacial score (nSPS) is 12.2. The van der Waals surface area contributed by atoms with Crippen molar-refractivity contribution in [3.63, 3.8) is 0 Å². The molecule has 2 aromatic carbocycles. The van der Waals surface area contributed by atoms with E-state index in [0.29, 0.717) is 12.3 Å². The lowest BCUT2D eigenvalue weighted by molar-refractivity contribution is 0.598. The Labute approximate surface area is 96.3 Å². The molecular weight excluding hydrogens is 194 g/mol. The second-order valence-corrected chi connectivity index (χ2v) is 4.31. The van der Waals surface area contributed by atoms with Crippen LogP contribution in [0.15, 0.2) is 42.5 Å². The van der Waals surface area contributed by atoms with Crippen molar-refractivity contribution in [1.82, 2.24) is 0 Å². The van der Waals surface area contributed by atoms with Crippen molar-refractivity contribution in [3.8, 4) is 6.07 Å². The van der Waals surface area contributed by atoms with Crippen LogP contribution in [0.25, 0.3) is 10.8 Å². The molecule has 0 bridgehead atoms. The van der Waals surface area contributed by atoms with E-state index in [1.54, 1.807) is 0 Å². The predicted octanol–water partition coefficient (Wildman–Crippen LogP) is 3.93. The molecular formula is C15H15N. The van der Waals surface area contributed by atoms with Crippen LogP contribution >= 0.6 is 0 Å². The Bertz CT molecular complexity index is 517. The highest BCUT2D eigenvalue weighted by atomic mass is 14.2. The van der Waals surface area contributed by atoms with Gasteiger partial charge in [0.1, 0.15) is 0 Å². The first-order valence-electron chi connectivity index (χ1n) is 5.65. The van der Waals surface area contributed by atoms with Gasteiger partial charge in [0.2, 0.25) is 0 Å². The third-order valence-electron chi connectivity index (χ3n) is 2.89. The highest BCUT2D eigenvalue weighted by Gasteiger charge is 2.05. The summed E-state index contributed by atoms with van der Waals surface area (Å²) in [5.41, 5.74) is 1.35. The summed E-state index contributed by atoms with van der Waals surface area (Å²) in [6.45, 7) is 2.13. The number of fused-ring (bicyclic) bond motifs is 1. The van der Waals surface area contributed by atoms with E-state index in [2.05, 4.69) is 55.5 Å². The molecule has 0 saturated carbocycles. The van der Waals surface area contributed by atoms with Gasteiger partial charge in [-0.1, -0.05) is 49.4 Å². The maximum absolute atomic E-state index is 8.68. The molecule has 0 N–H and O–H groups in total. The van der Waals surface area contributed by atoms with E-state index in [4.69, 9.17) is 5.26 Å². The van der Waals surface area contributed by atoms with E-state index in [-0.39, 0.29) is 0 Å². The van der Waals surface area contributed by atoms with Crippen molar-refractivity contribution in [1.29, 1.82) is 5.26 Å². The minimum atomic E-state index is 0.427. The zero-order chi connectivity index (χ0) is 11.4. The smallest absolute Gasteiger partial charge is 0.0624 e. The Kier molecular flexibility index (Phi) is 3.22. The first kappa shape index (κ1) is 10.7. The van der Waals surface area contributed by atoms with Gasteiger partial charge in [-0.15, -0.1) is 0 Å². The van der Waals surface area contributed by atoms with Gasteiger partial charge in [0.05, 0.1) is 6.07 Å². The van der Waals surface area contributed by atoms with Gasteiger partial charge in [0.25, 0.3) is 0 Å². The molecule has 0 aromatic heterocycles. The van der Waals surface area contributed by atoms with Gasteiger partial charge in [-0.3, -0.25) is 0 Å². The Morgan fingerprint density at radius 2 is 1.88 bits per heavy atom. The van der Waals surface area contributed by atoms with Gasteiger partial charge >= 0.3 is 0 Å². The molecule has 0 aliphatic carbocycles. The summed E-state index contributed by atoms with van der Waals surface area (Å²) in [6, 6.07) is 17.0. The molecule has 16 heavy (non-hydrogen) atoms. The third-order valence-corrected chi connectivity index (χ3v) is 2.89. The molecule has 0 aliphatic rings. The largest absolute Gasteiger partial charge is 0.198 e. The predicted molar refractivity (Wildman–Crippen MR) is 67.0 cm³/mol. The standard InChI is InChI=1S/C15H15N/c1-12(9-10-16)11-14-7-4-6-13-5-2-3-8-15(13)14/h2-8,12H,9,11H2,1H3. The fraction of sp³-hybridized carbons (Fsp3) is 0.267. The summed E-state index contributed by atoms with van der Waals surface area (Å²) >= 11 is 0. The second-order valence-electron chi connectivity index (χ2n) is 4.31. The number of benzene rings is 2. The fourth-order valence-electron chi connectivity index (χ4n) is 2.07. The lowest BCUT2D eigenvalue weighted by Gasteiger charge is -2.10. The van der Waals surface area contributed by atoms with E-state index < -0.39 is 0 Å². The van der Waals surface area contributed by atoms with Crippen LogP contribution in [0.2, 0.25) is 0 Å². The van der Waals surface area contributed by atoms with E-state index in [0.717, 1.165) is 6.42 Å². The average Bonchev–Trinajstić information content (AvgIpc) is 2.30. The maximum atomic E-state index is 8.68. The van der Waals surface area contributed by atoms with Gasteiger partial charge in [0.15, 0.2) is 0 Å². The van der Waals surface area contributed by atoms with E-state index in [9.17, 15) is 0 Å². The maximum Gasteiger partial charge on any atom is 0.0624 e. The van der Waals surface area contributed by atoms with Crippen molar-refractivity contribution in [2.75, 3.05) is 0 Å². The molecule has 0 fully saturated rings. The topological polar surface area (TPSA) is 23.8 Å². The summed E-state index contributed by atoms with van der Waals surface area (Å²) < 4.78 is 0. The van der Waals surface area contributed by atoms with Crippen molar-refractivity contribution < 1.29 is 0 Å². The number of nitrogens with zero attached hydrogens (tertiary/aromatic N) is 1. The lowest BCUT2D eigenvalue weighted by atomic mass is 9.94. The minimum absolute atomic E-state index is 0.427. The van der Waals surface area contributed by atoms with Gasteiger partial charge in [-0.25, -0.2) is 0 Å². The SMILES string of the molecule is CC(CC#N)Cc1cccc2ccccc12. The summed E-state index contributed by atoms with van der Waals surface area (Å²) in [4.78, 5) is 0. The Morgan fingerprint density at radius 3 is 2.69 bits per heavy atom. The van der Waals surface area contributed by atoms with Crippen LogP contribution in [-0.2, 0) is 6.42 Å². The van der Waals surface area contributed by atoms with Crippen molar-refractivity contribution in [2.45, 2.75) is 19.8 Å². The summed E-state index contributed by atoms with van der Waals surface area (Å²) in [5.74, 6) is 0.427. The van der Waals surface area contributed by atoms with E-state index in [1.165, 1.54) is 16.3 Å². The molecule has 1 unspecified atom stereocenters. The fourth-order valence-corrected chi connectivity index (χ4v) is 2.07. The highest BCUT2D eigenvalue weighted by molar-refractivity contribution is 5.85. The quantitative estimate of drug-likeness (QED) is 0.751. The molecule has 0 radical (unpaired) electrons. The third kappa shape index (κ3) is 2.23. The van der Waals surface area contributed by atoms with E-state index in [1.807, 2.05) is 0 Å². The number of hydrogen-bond acceptors (Lipinski definition) is 1. The van der Waals surface area contributed by atoms with Gasteiger partial charge in [0, 0.05) is 6.42 Å². The Hall–Kier alpha value is -1.81. The zero-order valence-corrected chi connectivity index (χ0v) is 9.48. The van der Waals surface area contributed by atoms with Crippen LogP contribution < -0.4 is 0 Å². The monoisotopic (exact) mass is 209 g/mol. The number of nitriles is 1. The molecule has 0 heterocycles. The van der Waals surface area contributed by atoms with Gasteiger partial charge < -0.3 is 0 Å². The second kappa shape index (κ2) is 4.81. The zero-order valence-electron chi connectivity index (χ0n) is 9.48. The van der Waals surface area contributed by atoms with Crippen molar-refractivity contribution in [2.24, 2.45) is 5.92 Å². The molecule has 1 nitrogen and oxygen atoms in total. The van der Waals surface area contributed by atoms with E-state index >= 15 is 0 Å². The van der Waals surface area contributed by atoms with Crippen molar-refractivity contribution in [3.05, 3.63) is 48.0 Å². The first-order chi connectivity index (χ1) is 7.81. The van der Waals surface area contributed by atoms with Crippen LogP contribution in [0.5, 0.6) is 0 Å². The van der Waals surface area contributed by atoms with Gasteiger partial charge in [-0.05, 0) is 28.7 Å². The van der Waals surface area contributed by atoms with Crippen LogP contribution in [-0.4, -0.2) is 0 Å². The summed E-state index contributed by atoms with van der Waals surface area (Å²) in [6.07, 6.45) is 1.61. The number of hydrogen-bond donors (Lipinski definition) is 0. The molecule has 2 aromatic rings. The lowest BCUT2D eigenvalue weighted by Crippen LogP contribution is -1.99. The molecule has 1 heteroatoms. The molecule has 1 atom stereocenters. The molecule has 0 spiro atoms. The van der Waals surface area contributed by atoms with Crippen LogP contribution in [0.3, 0.4) is 0 Å². The van der Waals surface area contributed by atoms with Gasteiger partial charge in [-0.2, -0.15) is 5.26 Å². The molecule has 80 valence electrons. The minimum Gasteiger partial charge on any atom is -0.198 e. The highest BCUT2D eigenvalue weighted by Crippen LogP contribution is 2.21. The summed E-state index contributed by atoms with van der Waals surface area (Å²) in [7, 11) is 0. The van der Waals surface area contributed by atoms with Crippen LogP contribution in [0, 0.1) is 17.2 Å².